The SMILES string of the molecule is CS(=O)(=O)N1CCC(NC2CCOCC2)CC1. The Morgan fingerprint density at radius 2 is 1.59 bits per heavy atom. The molecule has 0 aromatic rings. The minimum absolute atomic E-state index is 0.469. The average Bonchev–Trinajstić information content (AvgIpc) is 2.30. The second-order valence-electron chi connectivity index (χ2n) is 4.99. The third-order valence-electron chi connectivity index (χ3n) is 3.62. The van der Waals surface area contributed by atoms with Gasteiger partial charge in [-0.05, 0) is 25.7 Å². The van der Waals surface area contributed by atoms with Crippen LogP contribution >= 0.6 is 0 Å². The Kier molecular flexibility index (Phi) is 4.41. The lowest BCUT2D eigenvalue weighted by atomic mass is 10.0. The molecular weight excluding hydrogens is 240 g/mol. The summed E-state index contributed by atoms with van der Waals surface area (Å²) in [6.45, 7) is 3.00. The van der Waals surface area contributed by atoms with Crippen molar-refractivity contribution < 1.29 is 13.2 Å². The van der Waals surface area contributed by atoms with Crippen molar-refractivity contribution in [2.24, 2.45) is 0 Å². The summed E-state index contributed by atoms with van der Waals surface area (Å²) in [4.78, 5) is 0. The van der Waals surface area contributed by atoms with Crippen molar-refractivity contribution in [3.63, 3.8) is 0 Å². The highest BCUT2D eigenvalue weighted by Crippen LogP contribution is 2.16. The van der Waals surface area contributed by atoms with Crippen molar-refractivity contribution in [2.75, 3.05) is 32.6 Å². The Morgan fingerprint density at radius 3 is 2.12 bits per heavy atom. The zero-order valence-electron chi connectivity index (χ0n) is 10.4. The predicted molar refractivity (Wildman–Crippen MR) is 66.4 cm³/mol. The number of sulfonamides is 1. The third kappa shape index (κ3) is 3.91. The summed E-state index contributed by atoms with van der Waals surface area (Å²) in [7, 11) is -3.00. The van der Waals surface area contributed by atoms with E-state index in [1.807, 2.05) is 0 Å². The highest BCUT2D eigenvalue weighted by molar-refractivity contribution is 7.88. The molecule has 2 saturated heterocycles. The van der Waals surface area contributed by atoms with Gasteiger partial charge in [-0.1, -0.05) is 0 Å². The van der Waals surface area contributed by atoms with Crippen molar-refractivity contribution in [1.82, 2.24) is 9.62 Å². The maximum atomic E-state index is 11.4. The Bertz CT molecular complexity index is 331. The van der Waals surface area contributed by atoms with Crippen LogP contribution in [0.4, 0.5) is 0 Å². The van der Waals surface area contributed by atoms with Crippen LogP contribution in [0, 0.1) is 0 Å². The number of ether oxygens (including phenoxy) is 1. The quantitative estimate of drug-likeness (QED) is 0.788. The van der Waals surface area contributed by atoms with E-state index in [9.17, 15) is 8.42 Å². The van der Waals surface area contributed by atoms with Crippen molar-refractivity contribution in [3.05, 3.63) is 0 Å². The number of nitrogens with one attached hydrogen (secondary N) is 1. The monoisotopic (exact) mass is 262 g/mol. The molecule has 2 heterocycles. The molecule has 0 saturated carbocycles. The lowest BCUT2D eigenvalue weighted by Gasteiger charge is -2.34. The second kappa shape index (κ2) is 5.65. The van der Waals surface area contributed by atoms with E-state index in [1.54, 1.807) is 4.31 Å². The first kappa shape index (κ1) is 13.3. The molecule has 2 rings (SSSR count). The van der Waals surface area contributed by atoms with Gasteiger partial charge < -0.3 is 10.1 Å². The van der Waals surface area contributed by atoms with E-state index < -0.39 is 10.0 Å². The highest BCUT2D eigenvalue weighted by atomic mass is 32.2. The van der Waals surface area contributed by atoms with Gasteiger partial charge in [-0.3, -0.25) is 0 Å². The van der Waals surface area contributed by atoms with Gasteiger partial charge in [0.2, 0.25) is 10.0 Å². The molecule has 0 aliphatic carbocycles. The zero-order valence-corrected chi connectivity index (χ0v) is 11.2. The molecule has 0 bridgehead atoms. The average molecular weight is 262 g/mol. The molecule has 0 aromatic carbocycles. The van der Waals surface area contributed by atoms with Crippen LogP contribution < -0.4 is 5.32 Å². The molecule has 0 unspecified atom stereocenters. The van der Waals surface area contributed by atoms with E-state index in [-0.39, 0.29) is 0 Å². The molecule has 2 aliphatic heterocycles. The minimum atomic E-state index is -3.00. The van der Waals surface area contributed by atoms with Gasteiger partial charge in [0.15, 0.2) is 0 Å². The van der Waals surface area contributed by atoms with Gasteiger partial charge in [0.05, 0.1) is 6.26 Å². The summed E-state index contributed by atoms with van der Waals surface area (Å²) in [5.41, 5.74) is 0. The van der Waals surface area contributed by atoms with E-state index in [1.165, 1.54) is 6.26 Å². The molecule has 2 fully saturated rings. The van der Waals surface area contributed by atoms with Crippen molar-refractivity contribution >= 4 is 10.0 Å². The molecule has 0 aromatic heterocycles. The van der Waals surface area contributed by atoms with Gasteiger partial charge in [-0.2, -0.15) is 0 Å². The number of rotatable bonds is 3. The molecule has 0 radical (unpaired) electrons. The first-order valence-electron chi connectivity index (χ1n) is 6.34. The van der Waals surface area contributed by atoms with E-state index in [2.05, 4.69) is 5.32 Å². The molecule has 2 aliphatic rings. The molecule has 1 N–H and O–H groups in total. The number of hydrogen-bond donors (Lipinski definition) is 1. The fourth-order valence-electron chi connectivity index (χ4n) is 2.55. The van der Waals surface area contributed by atoms with E-state index in [0.717, 1.165) is 38.9 Å². The molecule has 0 spiro atoms. The predicted octanol–water partition coefficient (Wildman–Crippen LogP) is 0.179. The summed E-state index contributed by atoms with van der Waals surface area (Å²) in [5.74, 6) is 0. The van der Waals surface area contributed by atoms with E-state index >= 15 is 0 Å². The Hall–Kier alpha value is -0.170. The van der Waals surface area contributed by atoms with Crippen LogP contribution in [0.15, 0.2) is 0 Å². The fourth-order valence-corrected chi connectivity index (χ4v) is 3.43. The standard InChI is InChI=1S/C11H22N2O3S/c1-17(14,15)13-6-2-10(3-7-13)12-11-4-8-16-9-5-11/h10-12H,2-9H2,1H3. The minimum Gasteiger partial charge on any atom is -0.381 e. The number of piperidine rings is 1. The first-order valence-corrected chi connectivity index (χ1v) is 8.19. The number of nitrogens with zero attached hydrogens (tertiary/aromatic N) is 1. The molecule has 100 valence electrons. The zero-order chi connectivity index (χ0) is 12.3. The lowest BCUT2D eigenvalue weighted by molar-refractivity contribution is 0.0725. The van der Waals surface area contributed by atoms with Gasteiger partial charge in [-0.15, -0.1) is 0 Å². The lowest BCUT2D eigenvalue weighted by Crippen LogP contribution is -2.48. The van der Waals surface area contributed by atoms with Gasteiger partial charge in [-0.25, -0.2) is 12.7 Å². The van der Waals surface area contributed by atoms with Crippen LogP contribution in [-0.2, 0) is 14.8 Å². The normalized spacial score (nSPS) is 26.2. The summed E-state index contributed by atoms with van der Waals surface area (Å²) >= 11 is 0. The van der Waals surface area contributed by atoms with Gasteiger partial charge in [0.1, 0.15) is 0 Å². The van der Waals surface area contributed by atoms with Crippen molar-refractivity contribution in [1.29, 1.82) is 0 Å². The third-order valence-corrected chi connectivity index (χ3v) is 4.92. The molecule has 0 atom stereocenters. The summed E-state index contributed by atoms with van der Waals surface area (Å²) < 4.78 is 29.6. The highest BCUT2D eigenvalue weighted by Gasteiger charge is 2.26. The van der Waals surface area contributed by atoms with Crippen LogP contribution in [-0.4, -0.2) is 57.4 Å². The van der Waals surface area contributed by atoms with Crippen LogP contribution in [0.5, 0.6) is 0 Å². The summed E-state index contributed by atoms with van der Waals surface area (Å²) in [6, 6.07) is 1.02. The maximum Gasteiger partial charge on any atom is 0.211 e. The van der Waals surface area contributed by atoms with Crippen LogP contribution in [0.1, 0.15) is 25.7 Å². The van der Waals surface area contributed by atoms with Crippen molar-refractivity contribution in [3.8, 4) is 0 Å². The Labute approximate surface area is 104 Å². The van der Waals surface area contributed by atoms with Gasteiger partial charge in [0, 0.05) is 38.4 Å². The largest absolute Gasteiger partial charge is 0.381 e. The Balaban J connectivity index is 1.75. The van der Waals surface area contributed by atoms with Crippen LogP contribution in [0.25, 0.3) is 0 Å². The fraction of sp³-hybridized carbons (Fsp3) is 1.00. The topological polar surface area (TPSA) is 58.6 Å². The van der Waals surface area contributed by atoms with Gasteiger partial charge >= 0.3 is 0 Å². The van der Waals surface area contributed by atoms with Gasteiger partial charge in [0.25, 0.3) is 0 Å². The molecular formula is C11H22N2O3S. The first-order chi connectivity index (χ1) is 8.05. The van der Waals surface area contributed by atoms with Crippen LogP contribution in [0.3, 0.4) is 0 Å². The van der Waals surface area contributed by atoms with Crippen molar-refractivity contribution in [2.45, 2.75) is 37.8 Å². The Morgan fingerprint density at radius 1 is 1.06 bits per heavy atom. The summed E-state index contributed by atoms with van der Waals surface area (Å²) in [6.07, 6.45) is 5.28. The number of hydrogen-bond acceptors (Lipinski definition) is 4. The smallest absolute Gasteiger partial charge is 0.211 e. The van der Waals surface area contributed by atoms with E-state index in [0.29, 0.717) is 25.2 Å². The second-order valence-corrected chi connectivity index (χ2v) is 6.97. The molecule has 17 heavy (non-hydrogen) atoms. The molecule has 5 nitrogen and oxygen atoms in total. The maximum absolute atomic E-state index is 11.4. The summed E-state index contributed by atoms with van der Waals surface area (Å²) in [5, 5.41) is 3.63. The molecule has 6 heteroatoms. The van der Waals surface area contributed by atoms with Crippen LogP contribution in [0.2, 0.25) is 0 Å². The molecule has 0 amide bonds. The van der Waals surface area contributed by atoms with E-state index in [4.69, 9.17) is 4.74 Å².